The molecule has 0 spiro atoms. The number of nitrogens with one attached hydrogen (secondary N) is 1. The number of sulfonamides is 1. The molecule has 3 N–H and O–H groups in total. The number of rotatable bonds is 5. The van der Waals surface area contributed by atoms with Gasteiger partial charge in [-0.15, -0.1) is 0 Å². The Hall–Kier alpha value is -1.12. The largest absolute Gasteiger partial charge is 0.370 e. The summed E-state index contributed by atoms with van der Waals surface area (Å²) in [6, 6.07) is 5.20. The Bertz CT molecular complexity index is 642. The van der Waals surface area contributed by atoms with Crippen LogP contribution >= 0.6 is 15.9 Å². The predicted molar refractivity (Wildman–Crippen MR) is 86.7 cm³/mol. The average molecular weight is 375 g/mol. The van der Waals surface area contributed by atoms with Crippen LogP contribution in [0.4, 0.5) is 0 Å². The molecule has 0 amide bonds. The smallest absolute Gasteiger partial charge is 0.241 e. The zero-order valence-electron chi connectivity index (χ0n) is 11.8. The Morgan fingerprint density at radius 3 is 2.81 bits per heavy atom. The van der Waals surface area contributed by atoms with Crippen molar-refractivity contribution >= 4 is 31.9 Å². The molecule has 6 nitrogen and oxygen atoms in total. The first-order valence-electron chi connectivity index (χ1n) is 6.71. The van der Waals surface area contributed by atoms with E-state index < -0.39 is 10.0 Å². The fourth-order valence-corrected chi connectivity index (χ4v) is 3.96. The highest BCUT2D eigenvalue weighted by molar-refractivity contribution is 9.10. The second-order valence-corrected chi connectivity index (χ2v) is 7.50. The van der Waals surface area contributed by atoms with Gasteiger partial charge in [-0.3, -0.25) is 4.99 Å². The average Bonchev–Trinajstić information content (AvgIpc) is 2.35. The fourth-order valence-electron chi connectivity index (χ4n) is 1.89. The highest BCUT2D eigenvalue weighted by Gasteiger charge is 2.18. The number of likely N-dealkylation sites (tertiary alicyclic amines) is 1. The number of hydrogen-bond acceptors (Lipinski definition) is 3. The molecule has 1 fully saturated rings. The summed E-state index contributed by atoms with van der Waals surface area (Å²) in [6.07, 6.45) is 1.13. The third-order valence-electron chi connectivity index (χ3n) is 3.23. The van der Waals surface area contributed by atoms with Crippen LogP contribution < -0.4 is 10.5 Å². The molecule has 0 bridgehead atoms. The molecule has 0 atom stereocenters. The van der Waals surface area contributed by atoms with Crippen LogP contribution in [0.25, 0.3) is 0 Å². The molecule has 0 aromatic heterocycles. The van der Waals surface area contributed by atoms with Gasteiger partial charge in [0.2, 0.25) is 10.0 Å². The molecular formula is C13H19BrN4O2S. The lowest BCUT2D eigenvalue weighted by Crippen LogP contribution is -2.46. The van der Waals surface area contributed by atoms with E-state index in [2.05, 4.69) is 25.6 Å². The van der Waals surface area contributed by atoms with E-state index in [-0.39, 0.29) is 11.4 Å². The molecule has 1 aromatic carbocycles. The molecule has 1 aliphatic rings. The number of nitrogens with zero attached hydrogens (tertiary/aromatic N) is 2. The molecule has 116 valence electrons. The Morgan fingerprint density at radius 1 is 1.48 bits per heavy atom. The third kappa shape index (κ3) is 4.18. The summed E-state index contributed by atoms with van der Waals surface area (Å²) in [5.74, 6) is 0.484. The Balaban J connectivity index is 1.93. The van der Waals surface area contributed by atoms with Gasteiger partial charge in [-0.2, -0.15) is 0 Å². The standard InChI is InChI=1S/C13H19BrN4O2S/c1-10-3-4-11(14)12(9-10)21(19,20)17-6-5-16-13(15)18-7-2-8-18/h3-4,9,17H,2,5-8H2,1H3,(H2,15,16). The van der Waals surface area contributed by atoms with Gasteiger partial charge >= 0.3 is 0 Å². The van der Waals surface area contributed by atoms with E-state index in [9.17, 15) is 8.42 Å². The summed E-state index contributed by atoms with van der Waals surface area (Å²) in [7, 11) is -3.54. The van der Waals surface area contributed by atoms with Crippen molar-refractivity contribution in [3.63, 3.8) is 0 Å². The first kappa shape index (κ1) is 16.3. The molecule has 0 saturated carbocycles. The highest BCUT2D eigenvalue weighted by atomic mass is 79.9. The number of benzene rings is 1. The molecule has 1 saturated heterocycles. The van der Waals surface area contributed by atoms with E-state index in [0.29, 0.717) is 17.0 Å². The monoisotopic (exact) mass is 374 g/mol. The van der Waals surface area contributed by atoms with E-state index in [1.54, 1.807) is 12.1 Å². The van der Waals surface area contributed by atoms with Gasteiger partial charge in [0.05, 0.1) is 11.4 Å². The maximum atomic E-state index is 12.2. The first-order valence-corrected chi connectivity index (χ1v) is 8.98. The lowest BCUT2D eigenvalue weighted by atomic mass is 10.2. The normalized spacial score (nSPS) is 15.9. The van der Waals surface area contributed by atoms with Crippen molar-refractivity contribution < 1.29 is 8.42 Å². The van der Waals surface area contributed by atoms with Gasteiger partial charge in [-0.25, -0.2) is 13.1 Å². The van der Waals surface area contributed by atoms with E-state index in [1.165, 1.54) is 0 Å². The van der Waals surface area contributed by atoms with Crippen molar-refractivity contribution in [2.75, 3.05) is 26.2 Å². The van der Waals surface area contributed by atoms with Crippen molar-refractivity contribution in [2.45, 2.75) is 18.2 Å². The number of aliphatic imine (C=N–C) groups is 1. The SMILES string of the molecule is Cc1ccc(Br)c(S(=O)(=O)NCCN=C(N)N2CCC2)c1. The molecular weight excluding hydrogens is 356 g/mol. The predicted octanol–water partition coefficient (Wildman–Crippen LogP) is 1.06. The molecule has 1 heterocycles. The fraction of sp³-hybridized carbons (Fsp3) is 0.462. The van der Waals surface area contributed by atoms with Crippen molar-refractivity contribution in [3.8, 4) is 0 Å². The summed E-state index contributed by atoms with van der Waals surface area (Å²) >= 11 is 3.26. The minimum atomic E-state index is -3.54. The molecule has 21 heavy (non-hydrogen) atoms. The first-order chi connectivity index (χ1) is 9.90. The zero-order valence-corrected chi connectivity index (χ0v) is 14.2. The Kier molecular flexibility index (Phi) is 5.23. The summed E-state index contributed by atoms with van der Waals surface area (Å²) in [5, 5.41) is 0. The van der Waals surface area contributed by atoms with Gasteiger partial charge in [-0.1, -0.05) is 6.07 Å². The van der Waals surface area contributed by atoms with Crippen LogP contribution in [0.3, 0.4) is 0 Å². The molecule has 1 aromatic rings. The summed E-state index contributed by atoms with van der Waals surface area (Å²) in [4.78, 5) is 6.37. The summed E-state index contributed by atoms with van der Waals surface area (Å²) < 4.78 is 27.5. The zero-order chi connectivity index (χ0) is 15.5. The van der Waals surface area contributed by atoms with E-state index >= 15 is 0 Å². The Morgan fingerprint density at radius 2 is 2.19 bits per heavy atom. The van der Waals surface area contributed by atoms with Gasteiger partial charge in [0.25, 0.3) is 0 Å². The number of nitrogens with two attached hydrogens (primary N) is 1. The quantitative estimate of drug-likeness (QED) is 0.458. The number of hydrogen-bond donors (Lipinski definition) is 2. The van der Waals surface area contributed by atoms with Crippen LogP contribution in [0, 0.1) is 6.92 Å². The number of guanidine groups is 1. The van der Waals surface area contributed by atoms with Gasteiger partial charge < -0.3 is 10.6 Å². The molecule has 0 radical (unpaired) electrons. The molecule has 0 unspecified atom stereocenters. The second kappa shape index (κ2) is 6.76. The summed E-state index contributed by atoms with van der Waals surface area (Å²) in [6.45, 7) is 4.25. The van der Waals surface area contributed by atoms with Gasteiger partial charge in [-0.05, 0) is 47.0 Å². The molecule has 1 aliphatic heterocycles. The van der Waals surface area contributed by atoms with E-state index in [1.807, 2.05) is 17.9 Å². The molecule has 8 heteroatoms. The van der Waals surface area contributed by atoms with Gasteiger partial charge in [0.15, 0.2) is 5.96 Å². The van der Waals surface area contributed by atoms with Crippen LogP contribution in [0.5, 0.6) is 0 Å². The maximum Gasteiger partial charge on any atom is 0.241 e. The van der Waals surface area contributed by atoms with Crippen molar-refractivity contribution in [1.29, 1.82) is 0 Å². The van der Waals surface area contributed by atoms with Gasteiger partial charge in [0.1, 0.15) is 0 Å². The summed E-state index contributed by atoms with van der Waals surface area (Å²) in [5.41, 5.74) is 6.66. The van der Waals surface area contributed by atoms with Crippen LogP contribution in [0.2, 0.25) is 0 Å². The van der Waals surface area contributed by atoms with Crippen LogP contribution in [0.15, 0.2) is 32.6 Å². The molecule has 2 rings (SSSR count). The topological polar surface area (TPSA) is 87.8 Å². The van der Waals surface area contributed by atoms with Crippen LogP contribution in [-0.2, 0) is 10.0 Å². The maximum absolute atomic E-state index is 12.2. The van der Waals surface area contributed by atoms with Crippen molar-refractivity contribution in [2.24, 2.45) is 10.7 Å². The van der Waals surface area contributed by atoms with Crippen LogP contribution in [-0.4, -0.2) is 45.5 Å². The lowest BCUT2D eigenvalue weighted by Gasteiger charge is -2.31. The van der Waals surface area contributed by atoms with E-state index in [0.717, 1.165) is 25.1 Å². The van der Waals surface area contributed by atoms with Gasteiger partial charge in [0, 0.05) is 24.1 Å². The van der Waals surface area contributed by atoms with Crippen molar-refractivity contribution in [1.82, 2.24) is 9.62 Å². The third-order valence-corrected chi connectivity index (χ3v) is 5.69. The second-order valence-electron chi connectivity index (χ2n) is 4.91. The number of halogens is 1. The minimum Gasteiger partial charge on any atom is -0.370 e. The Labute approximate surface area is 133 Å². The van der Waals surface area contributed by atoms with E-state index in [4.69, 9.17) is 5.73 Å². The van der Waals surface area contributed by atoms with Crippen molar-refractivity contribution in [3.05, 3.63) is 28.2 Å². The van der Waals surface area contributed by atoms with Crippen LogP contribution in [0.1, 0.15) is 12.0 Å². The highest BCUT2D eigenvalue weighted by Crippen LogP contribution is 2.22. The minimum absolute atomic E-state index is 0.219. The number of aryl methyl sites for hydroxylation is 1. The lowest BCUT2D eigenvalue weighted by molar-refractivity contribution is 0.296. The molecule has 0 aliphatic carbocycles.